The van der Waals surface area contributed by atoms with Gasteiger partial charge in [-0.3, -0.25) is 4.79 Å². The second-order valence-electron chi connectivity index (χ2n) is 7.66. The Bertz CT molecular complexity index is 786. The van der Waals surface area contributed by atoms with E-state index in [1.807, 2.05) is 4.90 Å². The van der Waals surface area contributed by atoms with E-state index < -0.39 is 0 Å². The number of halogens is 1. The molecule has 5 nitrogen and oxygen atoms in total. The summed E-state index contributed by atoms with van der Waals surface area (Å²) in [5.41, 5.74) is 0.984. The second kappa shape index (κ2) is 7.92. The molecule has 2 fully saturated rings. The summed E-state index contributed by atoms with van der Waals surface area (Å²) in [7, 11) is 0. The molecule has 144 valence electrons. The minimum absolute atomic E-state index is 0.106. The Morgan fingerprint density at radius 1 is 1.19 bits per heavy atom. The summed E-state index contributed by atoms with van der Waals surface area (Å²) in [6, 6.07) is 6.32. The summed E-state index contributed by atoms with van der Waals surface area (Å²) in [6.07, 6.45) is 4.66. The van der Waals surface area contributed by atoms with Crippen LogP contribution in [-0.4, -0.2) is 45.8 Å². The van der Waals surface area contributed by atoms with E-state index in [2.05, 4.69) is 21.2 Å². The van der Waals surface area contributed by atoms with Crippen molar-refractivity contribution in [2.24, 2.45) is 5.92 Å². The normalized spacial score (nSPS) is 21.0. The van der Waals surface area contributed by atoms with Crippen molar-refractivity contribution in [3.63, 3.8) is 0 Å². The lowest BCUT2D eigenvalue weighted by molar-refractivity contribution is -0.133. The first-order valence-corrected chi connectivity index (χ1v) is 10.5. The molecule has 2 aromatic rings. The summed E-state index contributed by atoms with van der Waals surface area (Å²) in [6.45, 7) is 4.85. The molecule has 4 rings (SSSR count). The fourth-order valence-corrected chi connectivity index (χ4v) is 4.67. The number of hydrogen-bond acceptors (Lipinski definition) is 5. The fourth-order valence-electron chi connectivity index (χ4n) is 3.91. The maximum atomic E-state index is 13.1. The number of nitrogens with zero attached hydrogens (tertiary/aromatic N) is 4. The Labute approximate surface area is 163 Å². The number of hydrogen-bond donors (Lipinski definition) is 0. The van der Waals surface area contributed by atoms with Gasteiger partial charge in [0, 0.05) is 37.6 Å². The highest BCUT2D eigenvalue weighted by atomic mass is 32.1. The standard InChI is InChI=1S/C20H25FN4OS/c1-14-8-11-24(12-9-14)19(26)17-3-2-10-25(17)20-22-18(23-27-20)13-15-4-6-16(21)7-5-15/h4-7,14,17H,2-3,8-13H2,1H3/t17-/m0/s1. The Morgan fingerprint density at radius 3 is 2.67 bits per heavy atom. The van der Waals surface area contributed by atoms with Crippen molar-refractivity contribution in [2.75, 3.05) is 24.5 Å². The Morgan fingerprint density at radius 2 is 1.93 bits per heavy atom. The van der Waals surface area contributed by atoms with Crippen LogP contribution in [0.3, 0.4) is 0 Å². The van der Waals surface area contributed by atoms with E-state index in [9.17, 15) is 9.18 Å². The summed E-state index contributed by atoms with van der Waals surface area (Å²) in [5, 5.41) is 0.827. The lowest BCUT2D eigenvalue weighted by Crippen LogP contribution is -2.48. The monoisotopic (exact) mass is 388 g/mol. The van der Waals surface area contributed by atoms with Gasteiger partial charge in [-0.1, -0.05) is 19.1 Å². The van der Waals surface area contributed by atoms with E-state index in [1.54, 1.807) is 12.1 Å². The summed E-state index contributed by atoms with van der Waals surface area (Å²) >= 11 is 1.36. The third-order valence-corrected chi connectivity index (χ3v) is 6.40. The lowest BCUT2D eigenvalue weighted by Gasteiger charge is -2.34. The van der Waals surface area contributed by atoms with E-state index in [4.69, 9.17) is 0 Å². The third-order valence-electron chi connectivity index (χ3n) is 5.61. The van der Waals surface area contributed by atoms with Crippen LogP contribution in [0, 0.1) is 11.7 Å². The molecule has 1 atom stereocenters. The molecule has 2 saturated heterocycles. The van der Waals surface area contributed by atoms with Gasteiger partial charge in [0.25, 0.3) is 0 Å². The van der Waals surface area contributed by atoms with Crippen LogP contribution in [0.2, 0.25) is 0 Å². The molecule has 1 amide bonds. The number of rotatable bonds is 4. The number of likely N-dealkylation sites (tertiary alicyclic amines) is 1. The van der Waals surface area contributed by atoms with Crippen LogP contribution >= 0.6 is 11.5 Å². The maximum absolute atomic E-state index is 13.1. The summed E-state index contributed by atoms with van der Waals surface area (Å²) in [4.78, 5) is 21.9. The first-order chi connectivity index (χ1) is 13.1. The molecule has 0 bridgehead atoms. The zero-order valence-corrected chi connectivity index (χ0v) is 16.4. The molecular weight excluding hydrogens is 363 g/mol. The number of anilines is 1. The molecule has 1 aromatic carbocycles. The summed E-state index contributed by atoms with van der Waals surface area (Å²) in [5.74, 6) is 1.45. The number of carbonyl (C=O) groups excluding carboxylic acids is 1. The molecule has 1 aromatic heterocycles. The quantitative estimate of drug-likeness (QED) is 0.804. The fraction of sp³-hybridized carbons (Fsp3) is 0.550. The van der Waals surface area contributed by atoms with Crippen LogP contribution in [0.15, 0.2) is 24.3 Å². The minimum Gasteiger partial charge on any atom is -0.341 e. The van der Waals surface area contributed by atoms with Crippen molar-refractivity contribution < 1.29 is 9.18 Å². The van der Waals surface area contributed by atoms with Crippen LogP contribution in [0.4, 0.5) is 9.52 Å². The SMILES string of the molecule is CC1CCN(C(=O)[C@@H]2CCCN2c2nc(Cc3ccc(F)cc3)ns2)CC1. The van der Waals surface area contributed by atoms with Crippen LogP contribution in [0.25, 0.3) is 0 Å². The van der Waals surface area contributed by atoms with Crippen LogP contribution in [0.5, 0.6) is 0 Å². The number of benzene rings is 1. The highest BCUT2D eigenvalue weighted by molar-refractivity contribution is 7.09. The van der Waals surface area contributed by atoms with Gasteiger partial charge in [0.05, 0.1) is 0 Å². The van der Waals surface area contributed by atoms with E-state index in [0.717, 1.165) is 61.8 Å². The average Bonchev–Trinajstić information content (AvgIpc) is 3.33. The molecule has 0 unspecified atom stereocenters. The number of piperidine rings is 1. The second-order valence-corrected chi connectivity index (χ2v) is 8.39. The maximum Gasteiger partial charge on any atom is 0.245 e. The van der Waals surface area contributed by atoms with Gasteiger partial charge in [0.2, 0.25) is 11.0 Å². The molecule has 7 heteroatoms. The molecule has 27 heavy (non-hydrogen) atoms. The van der Waals surface area contributed by atoms with E-state index >= 15 is 0 Å². The number of aromatic nitrogens is 2. The smallest absolute Gasteiger partial charge is 0.245 e. The minimum atomic E-state index is -0.240. The summed E-state index contributed by atoms with van der Waals surface area (Å²) < 4.78 is 17.5. The Balaban J connectivity index is 1.43. The van der Waals surface area contributed by atoms with Crippen molar-refractivity contribution >= 4 is 22.6 Å². The van der Waals surface area contributed by atoms with Gasteiger partial charge in [0.15, 0.2) is 0 Å². The van der Waals surface area contributed by atoms with Gasteiger partial charge in [-0.05, 0) is 49.3 Å². The molecule has 0 saturated carbocycles. The van der Waals surface area contributed by atoms with Crippen LogP contribution in [0.1, 0.15) is 44.0 Å². The molecular formula is C20H25FN4OS. The number of amides is 1. The van der Waals surface area contributed by atoms with Gasteiger partial charge >= 0.3 is 0 Å². The van der Waals surface area contributed by atoms with Crippen molar-refractivity contribution in [1.82, 2.24) is 14.3 Å². The lowest BCUT2D eigenvalue weighted by atomic mass is 9.98. The van der Waals surface area contributed by atoms with Crippen molar-refractivity contribution in [3.8, 4) is 0 Å². The largest absolute Gasteiger partial charge is 0.341 e. The third kappa shape index (κ3) is 4.13. The van der Waals surface area contributed by atoms with E-state index in [1.165, 1.54) is 23.7 Å². The zero-order valence-electron chi connectivity index (χ0n) is 15.6. The predicted octanol–water partition coefficient (Wildman–Crippen LogP) is 3.50. The van der Waals surface area contributed by atoms with E-state index in [0.29, 0.717) is 12.3 Å². The zero-order chi connectivity index (χ0) is 18.8. The van der Waals surface area contributed by atoms with Crippen LogP contribution in [-0.2, 0) is 11.2 Å². The van der Waals surface area contributed by atoms with Gasteiger partial charge < -0.3 is 9.80 Å². The predicted molar refractivity (Wildman–Crippen MR) is 104 cm³/mol. The van der Waals surface area contributed by atoms with Gasteiger partial charge in [-0.15, -0.1) is 0 Å². The molecule has 3 heterocycles. The van der Waals surface area contributed by atoms with Crippen molar-refractivity contribution in [3.05, 3.63) is 41.5 Å². The van der Waals surface area contributed by atoms with Gasteiger partial charge in [0.1, 0.15) is 17.7 Å². The first kappa shape index (κ1) is 18.3. The highest BCUT2D eigenvalue weighted by Gasteiger charge is 2.36. The van der Waals surface area contributed by atoms with E-state index in [-0.39, 0.29) is 17.8 Å². The highest BCUT2D eigenvalue weighted by Crippen LogP contribution is 2.29. The molecule has 0 radical (unpaired) electrons. The van der Waals surface area contributed by atoms with Gasteiger partial charge in [-0.2, -0.15) is 4.37 Å². The van der Waals surface area contributed by atoms with Crippen molar-refractivity contribution in [2.45, 2.75) is 45.1 Å². The molecule has 0 spiro atoms. The molecule has 0 aliphatic carbocycles. The Kier molecular flexibility index (Phi) is 5.38. The molecule has 0 N–H and O–H groups in total. The number of carbonyl (C=O) groups is 1. The molecule has 2 aliphatic rings. The Hall–Kier alpha value is -2.02. The molecule has 2 aliphatic heterocycles. The van der Waals surface area contributed by atoms with Crippen molar-refractivity contribution in [1.29, 1.82) is 0 Å². The average molecular weight is 389 g/mol. The first-order valence-electron chi connectivity index (χ1n) is 9.72. The van der Waals surface area contributed by atoms with Crippen LogP contribution < -0.4 is 4.90 Å². The van der Waals surface area contributed by atoms with Gasteiger partial charge in [-0.25, -0.2) is 9.37 Å². The topological polar surface area (TPSA) is 49.3 Å².